The highest BCUT2D eigenvalue weighted by Crippen LogP contribution is 2.31. The summed E-state index contributed by atoms with van der Waals surface area (Å²) in [4.78, 5) is 19.5. The molecule has 1 amide bonds. The standard InChI is InChI=1S/C20H22F3N5O2/c1-4-15(26-13-9-25-28(10-13)20(21,22)23)17-14-7-12(18(29)24-8-11(2)3)5-6-16(14)27-19(17)30/h5-7,9-11,27,30H,4,8H2,1-3H3,(H,24,29). The van der Waals surface area contributed by atoms with Crippen molar-refractivity contribution < 1.29 is 23.1 Å². The number of aromatic nitrogens is 3. The quantitative estimate of drug-likeness (QED) is 0.513. The van der Waals surface area contributed by atoms with Gasteiger partial charge in [0.25, 0.3) is 5.91 Å². The number of alkyl halides is 3. The van der Waals surface area contributed by atoms with Gasteiger partial charge in [0.2, 0.25) is 0 Å². The molecule has 0 radical (unpaired) electrons. The third-order valence-corrected chi connectivity index (χ3v) is 4.43. The lowest BCUT2D eigenvalue weighted by Crippen LogP contribution is -2.27. The highest BCUT2D eigenvalue weighted by atomic mass is 19.4. The summed E-state index contributed by atoms with van der Waals surface area (Å²) < 4.78 is 38.2. The number of aromatic amines is 1. The zero-order valence-electron chi connectivity index (χ0n) is 16.7. The number of amides is 1. The molecule has 0 unspecified atom stereocenters. The summed E-state index contributed by atoms with van der Waals surface area (Å²) in [5.74, 6) is -0.131. The Balaban J connectivity index is 2.02. The molecule has 0 bridgehead atoms. The van der Waals surface area contributed by atoms with E-state index in [-0.39, 0.29) is 22.2 Å². The Hall–Kier alpha value is -3.30. The van der Waals surface area contributed by atoms with E-state index in [0.29, 0.717) is 46.6 Å². The highest BCUT2D eigenvalue weighted by Gasteiger charge is 2.31. The molecule has 7 nitrogen and oxygen atoms in total. The Labute approximate surface area is 170 Å². The average Bonchev–Trinajstić information content (AvgIpc) is 3.27. The second kappa shape index (κ2) is 8.21. The fraction of sp³-hybridized carbons (Fsp3) is 0.350. The molecule has 10 heteroatoms. The Kier molecular flexibility index (Phi) is 5.86. The maximum absolute atomic E-state index is 12.8. The fourth-order valence-electron chi connectivity index (χ4n) is 2.99. The fourth-order valence-corrected chi connectivity index (χ4v) is 2.99. The van der Waals surface area contributed by atoms with Gasteiger partial charge in [-0.1, -0.05) is 20.8 Å². The number of benzene rings is 1. The van der Waals surface area contributed by atoms with Crippen LogP contribution in [-0.2, 0) is 6.30 Å². The molecule has 0 saturated heterocycles. The number of fused-ring (bicyclic) bond motifs is 1. The van der Waals surface area contributed by atoms with Crippen molar-refractivity contribution in [1.82, 2.24) is 20.1 Å². The number of aromatic hydroxyl groups is 1. The van der Waals surface area contributed by atoms with Gasteiger partial charge in [-0.05, 0) is 30.5 Å². The summed E-state index contributed by atoms with van der Waals surface area (Å²) >= 11 is 0. The number of nitrogens with zero attached hydrogens (tertiary/aromatic N) is 3. The van der Waals surface area contributed by atoms with Crippen molar-refractivity contribution >= 4 is 28.2 Å². The van der Waals surface area contributed by atoms with E-state index in [0.717, 1.165) is 12.4 Å². The van der Waals surface area contributed by atoms with Crippen LogP contribution in [-0.4, -0.2) is 38.0 Å². The first-order chi connectivity index (χ1) is 14.1. The monoisotopic (exact) mass is 421 g/mol. The Morgan fingerprint density at radius 1 is 1.37 bits per heavy atom. The molecule has 3 N–H and O–H groups in total. The van der Waals surface area contributed by atoms with Crippen molar-refractivity contribution in [2.45, 2.75) is 33.5 Å². The first-order valence-corrected chi connectivity index (χ1v) is 9.42. The third-order valence-electron chi connectivity index (χ3n) is 4.43. The number of carbonyl (C=O) groups excluding carboxylic acids is 1. The van der Waals surface area contributed by atoms with Crippen LogP contribution < -0.4 is 5.32 Å². The lowest BCUT2D eigenvalue weighted by Gasteiger charge is -2.08. The lowest BCUT2D eigenvalue weighted by atomic mass is 10.0. The first kappa shape index (κ1) is 21.4. The number of carbonyl (C=O) groups is 1. The molecule has 0 atom stereocenters. The maximum Gasteiger partial charge on any atom is 0.504 e. The summed E-state index contributed by atoms with van der Waals surface area (Å²) in [7, 11) is 0. The average molecular weight is 421 g/mol. The van der Waals surface area contributed by atoms with Crippen LogP contribution in [0.5, 0.6) is 5.88 Å². The number of rotatable bonds is 6. The van der Waals surface area contributed by atoms with Crippen molar-refractivity contribution in [2.24, 2.45) is 10.9 Å². The molecule has 0 aliphatic rings. The Morgan fingerprint density at radius 3 is 2.70 bits per heavy atom. The minimum atomic E-state index is -4.64. The summed E-state index contributed by atoms with van der Waals surface area (Å²) in [6.07, 6.45) is -2.53. The summed E-state index contributed by atoms with van der Waals surface area (Å²) in [6.45, 7) is 6.25. The largest absolute Gasteiger partial charge is 0.504 e. The molecule has 2 heterocycles. The minimum Gasteiger partial charge on any atom is -0.494 e. The van der Waals surface area contributed by atoms with Gasteiger partial charge in [-0.25, -0.2) is 4.99 Å². The van der Waals surface area contributed by atoms with E-state index < -0.39 is 6.30 Å². The first-order valence-electron chi connectivity index (χ1n) is 9.42. The van der Waals surface area contributed by atoms with Gasteiger partial charge in [0, 0.05) is 23.0 Å². The highest BCUT2D eigenvalue weighted by molar-refractivity contribution is 6.14. The van der Waals surface area contributed by atoms with Crippen molar-refractivity contribution in [3.05, 3.63) is 41.7 Å². The molecule has 0 aliphatic carbocycles. The molecule has 0 fully saturated rings. The molecule has 0 saturated carbocycles. The zero-order valence-corrected chi connectivity index (χ0v) is 16.7. The second-order valence-electron chi connectivity index (χ2n) is 7.24. The normalized spacial score (nSPS) is 12.7. The third kappa shape index (κ3) is 4.47. The predicted molar refractivity (Wildman–Crippen MR) is 107 cm³/mol. The maximum atomic E-state index is 12.8. The van der Waals surface area contributed by atoms with Gasteiger partial charge in [-0.3, -0.25) is 4.79 Å². The lowest BCUT2D eigenvalue weighted by molar-refractivity contribution is -0.212. The van der Waals surface area contributed by atoms with Gasteiger partial charge in [0.15, 0.2) is 5.88 Å². The minimum absolute atomic E-state index is 0.00348. The number of hydrogen-bond acceptors (Lipinski definition) is 4. The number of hydrogen-bond donors (Lipinski definition) is 3. The van der Waals surface area contributed by atoms with Crippen LogP contribution in [0.4, 0.5) is 18.9 Å². The van der Waals surface area contributed by atoms with Crippen LogP contribution in [0.25, 0.3) is 10.9 Å². The van der Waals surface area contributed by atoms with E-state index in [9.17, 15) is 23.1 Å². The summed E-state index contributed by atoms with van der Waals surface area (Å²) in [5.41, 5.74) is 1.69. The topological polar surface area (TPSA) is 95.3 Å². The Bertz CT molecular complexity index is 1100. The molecule has 0 aliphatic heterocycles. The smallest absolute Gasteiger partial charge is 0.494 e. The van der Waals surface area contributed by atoms with Crippen LogP contribution in [0.2, 0.25) is 0 Å². The summed E-state index contributed by atoms with van der Waals surface area (Å²) in [5, 5.41) is 17.1. The van der Waals surface area contributed by atoms with Gasteiger partial charge < -0.3 is 15.4 Å². The van der Waals surface area contributed by atoms with Crippen molar-refractivity contribution in [1.29, 1.82) is 0 Å². The van der Waals surface area contributed by atoms with Crippen molar-refractivity contribution in [2.75, 3.05) is 6.54 Å². The van der Waals surface area contributed by atoms with E-state index in [4.69, 9.17) is 0 Å². The molecule has 1 aromatic carbocycles. The molecule has 160 valence electrons. The van der Waals surface area contributed by atoms with Gasteiger partial charge in [-0.2, -0.15) is 9.78 Å². The molecular formula is C20H22F3N5O2. The number of aliphatic imine (C=N–C) groups is 1. The molecule has 3 aromatic rings. The van der Waals surface area contributed by atoms with E-state index in [1.807, 2.05) is 13.8 Å². The van der Waals surface area contributed by atoms with Gasteiger partial charge in [0.05, 0.1) is 23.7 Å². The number of halogens is 3. The predicted octanol–water partition coefficient (Wildman–Crippen LogP) is 4.46. The molecule has 30 heavy (non-hydrogen) atoms. The molecular weight excluding hydrogens is 399 g/mol. The van der Waals surface area contributed by atoms with Crippen molar-refractivity contribution in [3.63, 3.8) is 0 Å². The van der Waals surface area contributed by atoms with Crippen LogP contribution in [0.1, 0.15) is 43.1 Å². The van der Waals surface area contributed by atoms with Crippen LogP contribution in [0.15, 0.2) is 35.6 Å². The van der Waals surface area contributed by atoms with E-state index >= 15 is 0 Å². The zero-order chi connectivity index (χ0) is 22.1. The molecule has 3 rings (SSSR count). The van der Waals surface area contributed by atoms with Gasteiger partial charge in [-0.15, -0.1) is 13.2 Å². The van der Waals surface area contributed by atoms with Crippen LogP contribution >= 0.6 is 0 Å². The van der Waals surface area contributed by atoms with Gasteiger partial charge >= 0.3 is 6.30 Å². The van der Waals surface area contributed by atoms with E-state index in [1.54, 1.807) is 25.1 Å². The van der Waals surface area contributed by atoms with Crippen LogP contribution in [0, 0.1) is 5.92 Å². The van der Waals surface area contributed by atoms with E-state index in [1.165, 1.54) is 0 Å². The second-order valence-corrected chi connectivity index (χ2v) is 7.24. The van der Waals surface area contributed by atoms with E-state index in [2.05, 4.69) is 20.4 Å². The van der Waals surface area contributed by atoms with Crippen LogP contribution in [0.3, 0.4) is 0 Å². The van der Waals surface area contributed by atoms with Gasteiger partial charge in [0.1, 0.15) is 5.69 Å². The Morgan fingerprint density at radius 2 is 2.10 bits per heavy atom. The number of nitrogens with one attached hydrogen (secondary N) is 2. The summed E-state index contributed by atoms with van der Waals surface area (Å²) in [6, 6.07) is 4.92. The SMILES string of the molecule is CCC(=Nc1cnn(C(F)(F)F)c1)c1c(O)[nH]c2ccc(C(=O)NCC(C)C)cc12. The van der Waals surface area contributed by atoms with Crippen molar-refractivity contribution in [3.8, 4) is 5.88 Å². The molecule has 2 aromatic heterocycles. The number of H-pyrrole nitrogens is 1. The molecule has 0 spiro atoms.